The van der Waals surface area contributed by atoms with Crippen LogP contribution in [0.1, 0.15) is 63.1 Å². The molecule has 1 saturated carbocycles. The summed E-state index contributed by atoms with van der Waals surface area (Å²) in [5, 5.41) is 3.13. The Morgan fingerprint density at radius 2 is 1.56 bits per heavy atom. The minimum Gasteiger partial charge on any atom is -0.496 e. The molecule has 1 heterocycles. The number of methoxy groups -OCH3 is 1. The third kappa shape index (κ3) is 4.17. The minimum atomic E-state index is -1.02. The van der Waals surface area contributed by atoms with Gasteiger partial charge in [0.1, 0.15) is 11.3 Å². The van der Waals surface area contributed by atoms with Gasteiger partial charge in [-0.1, -0.05) is 23.3 Å². The molecule has 6 heteroatoms. The Morgan fingerprint density at radius 1 is 0.938 bits per heavy atom. The van der Waals surface area contributed by atoms with Crippen LogP contribution in [-0.4, -0.2) is 43.3 Å². The number of nitrogens with one attached hydrogen (secondary N) is 1. The van der Waals surface area contributed by atoms with Crippen molar-refractivity contribution in [3.05, 3.63) is 64.2 Å². The van der Waals surface area contributed by atoms with Crippen molar-refractivity contribution in [3.63, 3.8) is 0 Å². The van der Waals surface area contributed by atoms with Gasteiger partial charge in [0, 0.05) is 29.5 Å². The molecule has 0 aromatic heterocycles. The van der Waals surface area contributed by atoms with Gasteiger partial charge in [-0.15, -0.1) is 0 Å². The van der Waals surface area contributed by atoms with Crippen LogP contribution in [0, 0.1) is 20.8 Å². The second kappa shape index (κ2) is 8.68. The molecule has 0 atom stereocenters. The fraction of sp³-hybridized carbons (Fsp3) is 0.462. The Morgan fingerprint density at radius 3 is 2.16 bits per heavy atom. The molecule has 0 unspecified atom stereocenters. The number of rotatable bonds is 5. The summed E-state index contributed by atoms with van der Waals surface area (Å²) in [6, 6.07) is 11.2. The standard InChI is InChI=1S/C26H31NO5/c1-17-14-18(2)16-20(15-17)23(28)25(8-10-26(11-9-25)31-12-13-32-26)27-24(29)21-6-5-7-22(30-4)19(21)3/h5-7,14-16H,8-13H2,1-4H3,(H,27,29). The molecule has 0 bridgehead atoms. The molecule has 4 rings (SSSR count). The summed E-state index contributed by atoms with van der Waals surface area (Å²) in [5.41, 5.74) is 2.89. The average molecular weight is 438 g/mol. The van der Waals surface area contributed by atoms with E-state index in [0.717, 1.165) is 16.7 Å². The molecule has 1 aliphatic carbocycles. The number of aryl methyl sites for hydroxylation is 2. The Balaban J connectivity index is 1.68. The summed E-state index contributed by atoms with van der Waals surface area (Å²) in [6.45, 7) is 6.93. The van der Waals surface area contributed by atoms with Crippen LogP contribution in [0.5, 0.6) is 5.75 Å². The monoisotopic (exact) mass is 437 g/mol. The second-order valence-electron chi connectivity index (χ2n) is 8.98. The first-order valence-electron chi connectivity index (χ1n) is 11.1. The molecular formula is C26H31NO5. The van der Waals surface area contributed by atoms with Crippen molar-refractivity contribution >= 4 is 11.7 Å². The lowest BCUT2D eigenvalue weighted by Gasteiger charge is -2.43. The number of amides is 1. The number of ether oxygens (including phenoxy) is 3. The summed E-state index contributed by atoms with van der Waals surface area (Å²) in [4.78, 5) is 27.3. The lowest BCUT2D eigenvalue weighted by molar-refractivity contribution is -0.182. The number of carbonyl (C=O) groups is 2. The zero-order chi connectivity index (χ0) is 22.9. The van der Waals surface area contributed by atoms with Crippen LogP contribution in [0.2, 0.25) is 0 Å². The number of hydrogen-bond donors (Lipinski definition) is 1. The van der Waals surface area contributed by atoms with Crippen molar-refractivity contribution < 1.29 is 23.8 Å². The van der Waals surface area contributed by atoms with Crippen molar-refractivity contribution in [2.24, 2.45) is 0 Å². The molecule has 1 saturated heterocycles. The predicted octanol–water partition coefficient (Wildman–Crippen LogP) is 4.29. The maximum atomic E-state index is 13.9. The first kappa shape index (κ1) is 22.5. The third-order valence-electron chi connectivity index (χ3n) is 6.70. The van der Waals surface area contributed by atoms with E-state index < -0.39 is 11.3 Å². The Labute approximate surface area is 189 Å². The molecule has 0 radical (unpaired) electrons. The van der Waals surface area contributed by atoms with Crippen LogP contribution in [0.25, 0.3) is 0 Å². The van der Waals surface area contributed by atoms with Crippen LogP contribution >= 0.6 is 0 Å². The van der Waals surface area contributed by atoms with E-state index in [1.54, 1.807) is 19.2 Å². The molecular weight excluding hydrogens is 406 g/mol. The molecule has 2 aliphatic rings. The Kier molecular flexibility index (Phi) is 6.10. The third-order valence-corrected chi connectivity index (χ3v) is 6.70. The molecule has 1 spiro atoms. The van der Waals surface area contributed by atoms with Crippen molar-refractivity contribution in [3.8, 4) is 5.75 Å². The quantitative estimate of drug-likeness (QED) is 0.707. The second-order valence-corrected chi connectivity index (χ2v) is 8.98. The average Bonchev–Trinajstić information content (AvgIpc) is 3.23. The predicted molar refractivity (Wildman–Crippen MR) is 121 cm³/mol. The van der Waals surface area contributed by atoms with E-state index in [2.05, 4.69) is 5.32 Å². The maximum absolute atomic E-state index is 13.9. The first-order valence-corrected chi connectivity index (χ1v) is 11.1. The molecule has 1 N–H and O–H groups in total. The fourth-order valence-corrected chi connectivity index (χ4v) is 5.00. The number of hydrogen-bond acceptors (Lipinski definition) is 5. The summed E-state index contributed by atoms with van der Waals surface area (Å²) in [7, 11) is 1.58. The van der Waals surface area contributed by atoms with Gasteiger partial charge >= 0.3 is 0 Å². The van der Waals surface area contributed by atoms with Crippen molar-refractivity contribution in [1.29, 1.82) is 0 Å². The lowest BCUT2D eigenvalue weighted by Crippen LogP contribution is -2.59. The van der Waals surface area contributed by atoms with Crippen LogP contribution in [0.3, 0.4) is 0 Å². The first-order chi connectivity index (χ1) is 15.3. The number of benzene rings is 2. The minimum absolute atomic E-state index is 0.0638. The summed E-state index contributed by atoms with van der Waals surface area (Å²) in [6.07, 6.45) is 2.02. The van der Waals surface area contributed by atoms with Crippen molar-refractivity contribution in [2.45, 2.75) is 57.8 Å². The molecule has 2 aromatic rings. The molecule has 2 aromatic carbocycles. The normalized spacial score (nSPS) is 19.0. The van der Waals surface area contributed by atoms with Crippen molar-refractivity contribution in [1.82, 2.24) is 5.32 Å². The molecule has 170 valence electrons. The lowest BCUT2D eigenvalue weighted by atomic mass is 9.73. The topological polar surface area (TPSA) is 73.9 Å². The largest absolute Gasteiger partial charge is 0.496 e. The van der Waals surface area contributed by atoms with E-state index in [0.29, 0.717) is 55.8 Å². The highest BCUT2D eigenvalue weighted by Crippen LogP contribution is 2.42. The van der Waals surface area contributed by atoms with Gasteiger partial charge in [0.25, 0.3) is 5.91 Å². The summed E-state index contributed by atoms with van der Waals surface area (Å²) in [5.74, 6) is -0.333. The van der Waals surface area contributed by atoms with Gasteiger partial charge in [-0.3, -0.25) is 9.59 Å². The Hall–Kier alpha value is -2.70. The van der Waals surface area contributed by atoms with Gasteiger partial charge in [0.15, 0.2) is 11.6 Å². The zero-order valence-corrected chi connectivity index (χ0v) is 19.2. The van der Waals surface area contributed by atoms with Crippen LogP contribution in [-0.2, 0) is 9.47 Å². The molecule has 32 heavy (non-hydrogen) atoms. The zero-order valence-electron chi connectivity index (χ0n) is 19.2. The highest BCUT2D eigenvalue weighted by atomic mass is 16.7. The van der Waals surface area contributed by atoms with E-state index in [9.17, 15) is 9.59 Å². The molecule has 1 aliphatic heterocycles. The highest BCUT2D eigenvalue weighted by Gasteiger charge is 2.50. The van der Waals surface area contributed by atoms with Gasteiger partial charge in [-0.05, 0) is 57.9 Å². The van der Waals surface area contributed by atoms with Gasteiger partial charge < -0.3 is 19.5 Å². The molecule has 2 fully saturated rings. The fourth-order valence-electron chi connectivity index (χ4n) is 5.00. The molecule has 6 nitrogen and oxygen atoms in total. The van der Waals surface area contributed by atoms with Gasteiger partial charge in [-0.25, -0.2) is 0 Å². The SMILES string of the molecule is COc1cccc(C(=O)NC2(C(=O)c3cc(C)cc(C)c3)CCC3(CC2)OCCO3)c1C. The number of carbonyl (C=O) groups excluding carboxylic acids is 2. The van der Waals surface area contributed by atoms with Gasteiger partial charge in [-0.2, -0.15) is 0 Å². The van der Waals surface area contributed by atoms with Crippen LogP contribution in [0.15, 0.2) is 36.4 Å². The van der Waals surface area contributed by atoms with Crippen molar-refractivity contribution in [2.75, 3.05) is 20.3 Å². The van der Waals surface area contributed by atoms with E-state index in [1.165, 1.54) is 0 Å². The van der Waals surface area contributed by atoms with Crippen LogP contribution < -0.4 is 10.1 Å². The van der Waals surface area contributed by atoms with E-state index >= 15 is 0 Å². The van der Waals surface area contributed by atoms with Crippen LogP contribution in [0.4, 0.5) is 0 Å². The molecule has 1 amide bonds. The Bertz CT molecular complexity index is 1010. The summed E-state index contributed by atoms with van der Waals surface area (Å²) < 4.78 is 17.1. The maximum Gasteiger partial charge on any atom is 0.252 e. The highest BCUT2D eigenvalue weighted by molar-refractivity contribution is 6.07. The number of Topliss-reactive ketones (excluding diaryl/α,β-unsaturated/α-hetero) is 1. The van der Waals surface area contributed by atoms with E-state index in [4.69, 9.17) is 14.2 Å². The number of ketones is 1. The van der Waals surface area contributed by atoms with E-state index in [-0.39, 0.29) is 11.7 Å². The smallest absolute Gasteiger partial charge is 0.252 e. The van der Waals surface area contributed by atoms with Gasteiger partial charge in [0.2, 0.25) is 0 Å². The summed E-state index contributed by atoms with van der Waals surface area (Å²) >= 11 is 0. The van der Waals surface area contributed by atoms with Gasteiger partial charge in [0.05, 0.1) is 20.3 Å². The van der Waals surface area contributed by atoms with E-state index in [1.807, 2.05) is 45.0 Å².